The van der Waals surface area contributed by atoms with Gasteiger partial charge in [0.1, 0.15) is 46.5 Å². The number of benzene rings is 4. The average Bonchev–Trinajstić information content (AvgIpc) is 2.86. The maximum atomic E-state index is 10.1. The van der Waals surface area contributed by atoms with E-state index < -0.39 is 23.5 Å². The molecule has 4 aromatic carbocycles. The molecule has 0 fully saturated rings. The molecule has 17 heteroatoms. The van der Waals surface area contributed by atoms with Crippen molar-refractivity contribution in [2.75, 3.05) is 0 Å². The van der Waals surface area contributed by atoms with Crippen molar-refractivity contribution in [2.45, 2.75) is 6.92 Å². The van der Waals surface area contributed by atoms with E-state index in [0.29, 0.717) is 5.75 Å². The van der Waals surface area contributed by atoms with E-state index in [1.165, 1.54) is 42.0 Å². The first kappa shape index (κ1) is 39.2. The number of aryl methyl sites for hydroxylation is 1. The smallest absolute Gasteiger partial charge is 0.124 e. The number of phosphoric ester groups is 3. The monoisotopic (exact) mass is 722 g/mol. The van der Waals surface area contributed by atoms with Gasteiger partial charge in [0, 0.05) is 21.1 Å². The number of hydrogen-bond donors (Lipinski definition) is 1. The number of phenols is 1. The van der Waals surface area contributed by atoms with Crippen molar-refractivity contribution in [3.63, 3.8) is 0 Å². The quantitative estimate of drug-likeness (QED) is 0.219. The van der Waals surface area contributed by atoms with Gasteiger partial charge in [-0.25, -0.2) is 0 Å². The number of hydrogen-bond acceptors (Lipinski definition) is 13. The van der Waals surface area contributed by atoms with Crippen LogP contribution >= 0.6 is 23.5 Å². The van der Waals surface area contributed by atoms with Crippen LogP contribution in [-0.2, 0) is 34.8 Å². The van der Waals surface area contributed by atoms with Crippen molar-refractivity contribution in [3.05, 3.63) is 121 Å². The first-order chi connectivity index (χ1) is 19.0. The molecular formula is C25H23MoO13P3-6. The Morgan fingerprint density at radius 1 is 0.476 bits per heavy atom. The van der Waals surface area contributed by atoms with Crippen LogP contribution in [0, 0.1) is 6.92 Å². The molecule has 228 valence electrons. The molecular weight excluding hydrogens is 697 g/mol. The Morgan fingerprint density at radius 2 is 0.714 bits per heavy atom. The summed E-state index contributed by atoms with van der Waals surface area (Å²) in [6.07, 6.45) is 0. The van der Waals surface area contributed by atoms with Gasteiger partial charge in [-0.1, -0.05) is 72.3 Å². The molecule has 0 unspecified atom stereocenters. The average molecular weight is 720 g/mol. The van der Waals surface area contributed by atoms with Gasteiger partial charge in [0.2, 0.25) is 0 Å². The van der Waals surface area contributed by atoms with Crippen molar-refractivity contribution < 1.29 is 82.8 Å². The molecule has 0 aliphatic heterocycles. The molecule has 0 spiro atoms. The fourth-order valence-electron chi connectivity index (χ4n) is 2.38. The Balaban J connectivity index is 0.000000533. The van der Waals surface area contributed by atoms with Crippen LogP contribution in [0.5, 0.6) is 23.0 Å². The summed E-state index contributed by atoms with van der Waals surface area (Å²) >= 11 is 0. The summed E-state index contributed by atoms with van der Waals surface area (Å²) < 4.78 is 42.3. The van der Waals surface area contributed by atoms with Crippen LogP contribution in [0.1, 0.15) is 5.56 Å². The Morgan fingerprint density at radius 3 is 0.905 bits per heavy atom. The third kappa shape index (κ3) is 22.9. The molecule has 0 saturated heterocycles. The molecule has 0 aromatic heterocycles. The minimum absolute atomic E-state index is 0. The number of para-hydroxylation sites is 3. The van der Waals surface area contributed by atoms with E-state index in [1.807, 2.05) is 19.1 Å². The van der Waals surface area contributed by atoms with Crippen LogP contribution < -0.4 is 42.9 Å². The number of aromatic hydroxyl groups is 1. The first-order valence-electron chi connectivity index (χ1n) is 11.1. The van der Waals surface area contributed by atoms with E-state index in [0.717, 1.165) is 0 Å². The molecule has 13 nitrogen and oxygen atoms in total. The molecule has 1 N–H and O–H groups in total. The first-order valence-corrected chi connectivity index (χ1v) is 15.5. The van der Waals surface area contributed by atoms with Crippen molar-refractivity contribution in [1.29, 1.82) is 0 Å². The Kier molecular flexibility index (Phi) is 18.1. The van der Waals surface area contributed by atoms with E-state index in [4.69, 9.17) is 5.11 Å². The summed E-state index contributed by atoms with van der Waals surface area (Å²) in [5.41, 5.74) is 1.17. The molecule has 0 atom stereocenters. The molecule has 0 aliphatic carbocycles. The maximum absolute atomic E-state index is 10.1. The SMILES string of the molecule is Cc1ccc(O)cc1.O=P([O-])([O-])Oc1ccccc1.O=P([O-])([O-])Oc1ccccc1.O=P([O-])([O-])Oc1ccccc1.[Mo]. The third-order valence-corrected chi connectivity index (χ3v) is 5.22. The van der Waals surface area contributed by atoms with E-state index in [-0.39, 0.29) is 38.3 Å². The summed E-state index contributed by atoms with van der Waals surface area (Å²) in [5, 5.41) is 8.76. The van der Waals surface area contributed by atoms with E-state index >= 15 is 0 Å². The van der Waals surface area contributed by atoms with Gasteiger partial charge in [0.25, 0.3) is 0 Å². The van der Waals surface area contributed by atoms with Gasteiger partial charge in [0.15, 0.2) is 0 Å². The van der Waals surface area contributed by atoms with Gasteiger partial charge in [-0.3, -0.25) is 0 Å². The zero-order valence-electron chi connectivity index (χ0n) is 21.6. The van der Waals surface area contributed by atoms with E-state index in [9.17, 15) is 43.1 Å². The second-order valence-corrected chi connectivity index (χ2v) is 10.6. The number of phenolic OH excluding ortho intramolecular Hbond substituents is 1. The minimum atomic E-state index is -4.89. The normalized spacial score (nSPS) is 10.5. The van der Waals surface area contributed by atoms with Crippen LogP contribution in [-0.4, -0.2) is 5.11 Å². The fraction of sp³-hybridized carbons (Fsp3) is 0.0400. The second kappa shape index (κ2) is 19.4. The fourth-order valence-corrected chi connectivity index (χ4v) is 3.52. The molecule has 0 saturated carbocycles. The molecule has 0 aliphatic rings. The maximum Gasteiger partial charge on any atom is 0.124 e. The van der Waals surface area contributed by atoms with Crippen LogP contribution in [0.4, 0.5) is 0 Å². The molecule has 0 amide bonds. The summed E-state index contributed by atoms with van der Waals surface area (Å²) in [6, 6.07) is 30.0. The van der Waals surface area contributed by atoms with Gasteiger partial charge in [-0.05, 0) is 55.5 Å². The Bertz CT molecular complexity index is 1250. The van der Waals surface area contributed by atoms with Gasteiger partial charge < -0.3 is 61.7 Å². The molecule has 42 heavy (non-hydrogen) atoms. The Labute approximate surface area is 256 Å². The van der Waals surface area contributed by atoms with E-state index in [1.54, 1.807) is 66.7 Å². The number of phosphoric acid groups is 3. The predicted octanol–water partition coefficient (Wildman–Crippen LogP) is 1.38. The van der Waals surface area contributed by atoms with Crippen molar-refractivity contribution in [1.82, 2.24) is 0 Å². The topological polar surface area (TPSA) is 237 Å². The van der Waals surface area contributed by atoms with Gasteiger partial charge >= 0.3 is 0 Å². The van der Waals surface area contributed by atoms with Crippen molar-refractivity contribution >= 4 is 23.5 Å². The molecule has 0 heterocycles. The molecule has 4 aromatic rings. The third-order valence-electron chi connectivity index (χ3n) is 3.92. The molecule has 0 radical (unpaired) electrons. The van der Waals surface area contributed by atoms with Gasteiger partial charge in [-0.2, -0.15) is 0 Å². The molecule has 0 bridgehead atoms. The molecule has 4 rings (SSSR count). The van der Waals surface area contributed by atoms with Gasteiger partial charge in [-0.15, -0.1) is 0 Å². The predicted molar refractivity (Wildman–Crippen MR) is 137 cm³/mol. The zero-order chi connectivity index (χ0) is 30.9. The van der Waals surface area contributed by atoms with Crippen LogP contribution in [0.15, 0.2) is 115 Å². The van der Waals surface area contributed by atoms with Crippen molar-refractivity contribution in [2.24, 2.45) is 0 Å². The Hall–Kier alpha value is -2.78. The van der Waals surface area contributed by atoms with E-state index in [2.05, 4.69) is 13.6 Å². The largest absolute Gasteiger partial charge is 0.780 e. The van der Waals surface area contributed by atoms with Crippen LogP contribution in [0.3, 0.4) is 0 Å². The number of rotatable bonds is 6. The van der Waals surface area contributed by atoms with Crippen LogP contribution in [0.25, 0.3) is 0 Å². The second-order valence-electron chi connectivity index (χ2n) is 7.39. The summed E-state index contributed by atoms with van der Waals surface area (Å²) in [4.78, 5) is 60.3. The standard InChI is InChI=1S/C7H8O.3C6H7O4P.Mo/c1-6-2-4-7(8)5-3-6;3*7-11(8,9)10-6-4-2-1-3-5-6;/h2-5,8H,1H3;3*1-5H,(H2,7,8,9);/p-6. The van der Waals surface area contributed by atoms with Gasteiger partial charge in [0.05, 0.1) is 0 Å². The van der Waals surface area contributed by atoms with Crippen molar-refractivity contribution in [3.8, 4) is 23.0 Å². The zero-order valence-corrected chi connectivity index (χ0v) is 26.3. The minimum Gasteiger partial charge on any atom is -0.780 e. The summed E-state index contributed by atoms with van der Waals surface area (Å²) in [7, 11) is -14.7. The summed E-state index contributed by atoms with van der Waals surface area (Å²) in [5.74, 6) is 0.457. The van der Waals surface area contributed by atoms with Crippen LogP contribution in [0.2, 0.25) is 0 Å². The summed E-state index contributed by atoms with van der Waals surface area (Å²) in [6.45, 7) is 1.99.